The zero-order valence-corrected chi connectivity index (χ0v) is 19.4. The number of carbonyl (C=O) groups is 2. The van der Waals surface area contributed by atoms with Gasteiger partial charge in [0, 0.05) is 25.7 Å². The minimum Gasteiger partial charge on any atom is -0.497 e. The fraction of sp³-hybridized carbons (Fsp3) is 0.391. The molecule has 0 radical (unpaired) electrons. The number of nitrogens with one attached hydrogen (secondary N) is 2. The molecule has 0 bridgehead atoms. The van der Waals surface area contributed by atoms with Gasteiger partial charge in [0.1, 0.15) is 11.5 Å². The first-order valence-corrected chi connectivity index (χ1v) is 12.2. The molecule has 176 valence electrons. The van der Waals surface area contributed by atoms with Gasteiger partial charge in [-0.15, -0.1) is 0 Å². The van der Waals surface area contributed by atoms with Gasteiger partial charge in [0.15, 0.2) is 6.61 Å². The van der Waals surface area contributed by atoms with Gasteiger partial charge >= 0.3 is 0 Å². The van der Waals surface area contributed by atoms with Crippen molar-refractivity contribution >= 4 is 27.5 Å². The number of ether oxygens (including phenoxy) is 2. The van der Waals surface area contributed by atoms with E-state index in [0.717, 1.165) is 11.3 Å². The summed E-state index contributed by atoms with van der Waals surface area (Å²) in [5.74, 6) is 0.184. The van der Waals surface area contributed by atoms with Crippen molar-refractivity contribution in [2.45, 2.75) is 31.2 Å². The Morgan fingerprint density at radius 3 is 2.76 bits per heavy atom. The summed E-state index contributed by atoms with van der Waals surface area (Å²) < 4.78 is 38.7. The van der Waals surface area contributed by atoms with E-state index in [0.29, 0.717) is 42.9 Å². The van der Waals surface area contributed by atoms with E-state index < -0.39 is 15.9 Å². The van der Waals surface area contributed by atoms with Crippen LogP contribution in [0.5, 0.6) is 11.5 Å². The Balaban J connectivity index is 1.45. The smallest absolute Gasteiger partial charge is 0.262 e. The monoisotopic (exact) mass is 473 g/mol. The maximum atomic E-state index is 13.4. The second-order valence-electron chi connectivity index (χ2n) is 8.22. The standard InChI is InChI=1S/C23H27N3O6S/c1-15-10-19-20(32-14-22(27)25-19)11-21(15)33(29,30)26-9-3-4-17(13-26)23(28)24-12-16-5-7-18(31-2)8-6-16/h5-8,10-11,17H,3-4,9,12-14H2,1-2H3,(H,24,28)(H,25,27). The lowest BCUT2D eigenvalue weighted by molar-refractivity contribution is -0.126. The van der Waals surface area contributed by atoms with Gasteiger partial charge in [0.2, 0.25) is 15.9 Å². The van der Waals surface area contributed by atoms with Crippen molar-refractivity contribution in [3.05, 3.63) is 47.5 Å². The Hall–Kier alpha value is -3.11. The van der Waals surface area contributed by atoms with Crippen molar-refractivity contribution in [1.29, 1.82) is 0 Å². The quantitative estimate of drug-likeness (QED) is 0.664. The number of aryl methyl sites for hydroxylation is 1. The molecule has 1 unspecified atom stereocenters. The molecule has 2 N–H and O–H groups in total. The van der Waals surface area contributed by atoms with Crippen LogP contribution in [0, 0.1) is 12.8 Å². The predicted octanol–water partition coefficient (Wildman–Crippen LogP) is 2.05. The summed E-state index contributed by atoms with van der Waals surface area (Å²) >= 11 is 0. The van der Waals surface area contributed by atoms with Crippen molar-refractivity contribution in [2.75, 3.05) is 32.1 Å². The summed E-state index contributed by atoms with van der Waals surface area (Å²) in [5.41, 5.74) is 1.89. The SMILES string of the molecule is COc1ccc(CNC(=O)C2CCCN(S(=O)(=O)c3cc4c(cc3C)NC(=O)CO4)C2)cc1. The number of carbonyl (C=O) groups excluding carboxylic acids is 2. The third kappa shape index (κ3) is 4.96. The number of nitrogens with zero attached hydrogens (tertiary/aromatic N) is 1. The Labute approximate surface area is 193 Å². The van der Waals surface area contributed by atoms with Crippen molar-refractivity contribution in [1.82, 2.24) is 9.62 Å². The average Bonchev–Trinajstić information content (AvgIpc) is 2.82. The van der Waals surface area contributed by atoms with Gasteiger partial charge < -0.3 is 20.1 Å². The number of fused-ring (bicyclic) bond motifs is 1. The topological polar surface area (TPSA) is 114 Å². The molecule has 9 nitrogen and oxygen atoms in total. The highest BCUT2D eigenvalue weighted by atomic mass is 32.2. The molecule has 33 heavy (non-hydrogen) atoms. The number of anilines is 1. The highest BCUT2D eigenvalue weighted by Gasteiger charge is 2.35. The minimum absolute atomic E-state index is 0.116. The van der Waals surface area contributed by atoms with Crippen LogP contribution >= 0.6 is 0 Å². The number of rotatable bonds is 6. The Bertz CT molecular complexity index is 1160. The first-order chi connectivity index (χ1) is 15.8. The Morgan fingerprint density at radius 2 is 2.03 bits per heavy atom. The van der Waals surface area contributed by atoms with Crippen LogP contribution in [0.1, 0.15) is 24.0 Å². The lowest BCUT2D eigenvalue weighted by Crippen LogP contribution is -2.45. The average molecular weight is 474 g/mol. The molecule has 1 fully saturated rings. The molecule has 2 aliphatic rings. The first-order valence-electron chi connectivity index (χ1n) is 10.8. The van der Waals surface area contributed by atoms with Crippen LogP contribution in [-0.4, -0.2) is 51.3 Å². The molecule has 1 atom stereocenters. The Kier molecular flexibility index (Phi) is 6.57. The van der Waals surface area contributed by atoms with E-state index in [1.54, 1.807) is 20.1 Å². The normalized spacial score (nSPS) is 18.6. The highest BCUT2D eigenvalue weighted by molar-refractivity contribution is 7.89. The van der Waals surface area contributed by atoms with E-state index in [1.807, 2.05) is 24.3 Å². The molecule has 2 amide bonds. The third-order valence-corrected chi connectivity index (χ3v) is 7.92. The summed E-state index contributed by atoms with van der Waals surface area (Å²) in [7, 11) is -2.24. The highest BCUT2D eigenvalue weighted by Crippen LogP contribution is 2.35. The second kappa shape index (κ2) is 9.40. The van der Waals surface area contributed by atoms with Gasteiger partial charge in [-0.3, -0.25) is 9.59 Å². The fourth-order valence-corrected chi connectivity index (χ4v) is 5.83. The predicted molar refractivity (Wildman–Crippen MR) is 122 cm³/mol. The number of piperidine rings is 1. The van der Waals surface area contributed by atoms with Crippen LogP contribution in [-0.2, 0) is 26.2 Å². The molecule has 2 aliphatic heterocycles. The first kappa shape index (κ1) is 23.1. The van der Waals surface area contributed by atoms with E-state index >= 15 is 0 Å². The number of benzene rings is 2. The summed E-state index contributed by atoms with van der Waals surface area (Å²) in [6, 6.07) is 10.5. The zero-order valence-electron chi connectivity index (χ0n) is 18.6. The molecular formula is C23H27N3O6S. The van der Waals surface area contributed by atoms with Gasteiger partial charge in [-0.2, -0.15) is 4.31 Å². The lowest BCUT2D eigenvalue weighted by atomic mass is 9.99. The summed E-state index contributed by atoms with van der Waals surface area (Å²) in [4.78, 5) is 24.4. The van der Waals surface area contributed by atoms with Crippen molar-refractivity contribution in [2.24, 2.45) is 5.92 Å². The van der Waals surface area contributed by atoms with E-state index in [4.69, 9.17) is 9.47 Å². The zero-order chi connectivity index (χ0) is 23.6. The Morgan fingerprint density at radius 1 is 1.27 bits per heavy atom. The number of hydrogen-bond acceptors (Lipinski definition) is 6. The van der Waals surface area contributed by atoms with Crippen LogP contribution in [0.15, 0.2) is 41.3 Å². The molecule has 0 saturated carbocycles. The van der Waals surface area contributed by atoms with E-state index in [-0.39, 0.29) is 29.9 Å². The summed E-state index contributed by atoms with van der Waals surface area (Å²) in [5, 5.41) is 5.60. The van der Waals surface area contributed by atoms with Crippen LogP contribution < -0.4 is 20.1 Å². The van der Waals surface area contributed by atoms with Crippen LogP contribution in [0.4, 0.5) is 5.69 Å². The summed E-state index contributed by atoms with van der Waals surface area (Å²) in [6.45, 7) is 2.34. The van der Waals surface area contributed by atoms with Gasteiger partial charge in [-0.25, -0.2) is 8.42 Å². The molecule has 1 saturated heterocycles. The molecule has 4 rings (SSSR count). The molecule has 2 aromatic rings. The third-order valence-electron chi connectivity index (χ3n) is 5.91. The molecule has 2 aromatic carbocycles. The maximum Gasteiger partial charge on any atom is 0.262 e. The van der Waals surface area contributed by atoms with Crippen LogP contribution in [0.2, 0.25) is 0 Å². The molecule has 0 aromatic heterocycles. The molecule has 0 aliphatic carbocycles. The molecule has 10 heteroatoms. The van der Waals surface area contributed by atoms with Crippen molar-refractivity contribution in [3.63, 3.8) is 0 Å². The van der Waals surface area contributed by atoms with E-state index in [1.165, 1.54) is 10.4 Å². The van der Waals surface area contributed by atoms with E-state index in [2.05, 4.69) is 10.6 Å². The number of amides is 2. The number of methoxy groups -OCH3 is 1. The minimum atomic E-state index is -3.83. The summed E-state index contributed by atoms with van der Waals surface area (Å²) in [6.07, 6.45) is 1.22. The van der Waals surface area contributed by atoms with Crippen LogP contribution in [0.3, 0.4) is 0 Å². The molecular weight excluding hydrogens is 446 g/mol. The molecule has 2 heterocycles. The van der Waals surface area contributed by atoms with E-state index in [9.17, 15) is 18.0 Å². The maximum absolute atomic E-state index is 13.4. The second-order valence-corrected chi connectivity index (χ2v) is 10.1. The number of hydrogen-bond donors (Lipinski definition) is 2. The van der Waals surface area contributed by atoms with Crippen molar-refractivity contribution in [3.8, 4) is 11.5 Å². The number of sulfonamides is 1. The largest absolute Gasteiger partial charge is 0.497 e. The fourth-order valence-electron chi connectivity index (χ4n) is 4.08. The lowest BCUT2D eigenvalue weighted by Gasteiger charge is -2.32. The van der Waals surface area contributed by atoms with Gasteiger partial charge in [0.25, 0.3) is 5.91 Å². The molecule has 0 spiro atoms. The van der Waals surface area contributed by atoms with Gasteiger partial charge in [0.05, 0.1) is 23.6 Å². The van der Waals surface area contributed by atoms with Gasteiger partial charge in [-0.05, 0) is 49.1 Å². The van der Waals surface area contributed by atoms with Crippen molar-refractivity contribution < 1.29 is 27.5 Å². The van der Waals surface area contributed by atoms with Crippen LogP contribution in [0.25, 0.3) is 0 Å². The van der Waals surface area contributed by atoms with Gasteiger partial charge in [-0.1, -0.05) is 12.1 Å².